The van der Waals surface area contributed by atoms with Gasteiger partial charge in [-0.2, -0.15) is 0 Å². The third-order valence-corrected chi connectivity index (χ3v) is 4.42. The van der Waals surface area contributed by atoms with E-state index >= 15 is 0 Å². The molecule has 2 amide bonds. The van der Waals surface area contributed by atoms with E-state index < -0.39 is 0 Å². The molecule has 2 N–H and O–H groups in total. The second kappa shape index (κ2) is 8.31. The number of nitrogens with one attached hydrogen (secondary N) is 2. The molecule has 0 radical (unpaired) electrons. The van der Waals surface area contributed by atoms with Crippen molar-refractivity contribution in [1.29, 1.82) is 0 Å². The van der Waals surface area contributed by atoms with Crippen molar-refractivity contribution < 1.29 is 14.3 Å². The van der Waals surface area contributed by atoms with Gasteiger partial charge in [-0.25, -0.2) is 0 Å². The first-order chi connectivity index (χ1) is 12.7. The van der Waals surface area contributed by atoms with Crippen molar-refractivity contribution in [2.75, 3.05) is 17.2 Å². The molecule has 6 heteroatoms. The van der Waals surface area contributed by atoms with Crippen molar-refractivity contribution in [3.63, 3.8) is 0 Å². The molecule has 3 rings (SSSR count). The van der Waals surface area contributed by atoms with Gasteiger partial charge in [0.15, 0.2) is 0 Å². The average molecular weight is 366 g/mol. The van der Waals surface area contributed by atoms with Crippen LogP contribution in [0.2, 0.25) is 0 Å². The van der Waals surface area contributed by atoms with Crippen molar-refractivity contribution in [3.05, 3.63) is 76.5 Å². The van der Waals surface area contributed by atoms with E-state index in [1.807, 2.05) is 24.4 Å². The van der Waals surface area contributed by atoms with Crippen LogP contribution in [0.25, 0.3) is 0 Å². The number of hydrogen-bond donors (Lipinski definition) is 2. The first-order valence-corrected chi connectivity index (χ1v) is 9.03. The van der Waals surface area contributed by atoms with Gasteiger partial charge in [-0.05, 0) is 48.7 Å². The number of carbonyl (C=O) groups excluding carboxylic acids is 2. The van der Waals surface area contributed by atoms with E-state index in [1.54, 1.807) is 48.5 Å². The lowest BCUT2D eigenvalue weighted by atomic mass is 10.1. The lowest BCUT2D eigenvalue weighted by molar-refractivity contribution is 0.101. The summed E-state index contributed by atoms with van der Waals surface area (Å²) in [5.74, 6) is 0.0932. The van der Waals surface area contributed by atoms with Crippen molar-refractivity contribution in [2.24, 2.45) is 0 Å². The van der Waals surface area contributed by atoms with Crippen LogP contribution in [0.4, 0.5) is 11.4 Å². The quantitative estimate of drug-likeness (QED) is 0.667. The Labute approximate surface area is 155 Å². The molecule has 0 fully saturated rings. The van der Waals surface area contributed by atoms with Crippen molar-refractivity contribution in [2.45, 2.75) is 6.92 Å². The minimum Gasteiger partial charge on any atom is -0.493 e. The van der Waals surface area contributed by atoms with Crippen molar-refractivity contribution in [3.8, 4) is 5.75 Å². The van der Waals surface area contributed by atoms with Crippen LogP contribution in [0.15, 0.2) is 66.0 Å². The first kappa shape index (κ1) is 17.7. The molecule has 5 nitrogen and oxygen atoms in total. The number of rotatable bonds is 6. The molecule has 0 aliphatic heterocycles. The summed E-state index contributed by atoms with van der Waals surface area (Å²) in [6.07, 6.45) is 0. The lowest BCUT2D eigenvalue weighted by Crippen LogP contribution is -2.14. The average Bonchev–Trinajstić information content (AvgIpc) is 3.17. The van der Waals surface area contributed by atoms with Gasteiger partial charge in [0.25, 0.3) is 11.8 Å². The molecule has 0 spiro atoms. The zero-order valence-electron chi connectivity index (χ0n) is 14.2. The summed E-state index contributed by atoms with van der Waals surface area (Å²) in [6.45, 7) is 2.35. The molecule has 2 aromatic carbocycles. The number of benzene rings is 2. The highest BCUT2D eigenvalue weighted by molar-refractivity contribution is 7.12. The summed E-state index contributed by atoms with van der Waals surface area (Å²) < 4.78 is 5.50. The van der Waals surface area contributed by atoms with Crippen molar-refractivity contribution in [1.82, 2.24) is 0 Å². The van der Waals surface area contributed by atoms with Gasteiger partial charge in [-0.15, -0.1) is 11.3 Å². The molecule has 1 aromatic heterocycles. The highest BCUT2D eigenvalue weighted by Gasteiger charge is 2.13. The second-order valence-corrected chi connectivity index (χ2v) is 6.34. The topological polar surface area (TPSA) is 67.4 Å². The smallest absolute Gasteiger partial charge is 0.265 e. The predicted octanol–water partition coefficient (Wildman–Crippen LogP) is 4.65. The number of hydrogen-bond acceptors (Lipinski definition) is 4. The molecular formula is C20H18N2O3S. The monoisotopic (exact) mass is 366 g/mol. The Bertz CT molecular complexity index is 907. The second-order valence-electron chi connectivity index (χ2n) is 5.40. The van der Waals surface area contributed by atoms with E-state index in [1.165, 1.54) is 11.3 Å². The molecule has 0 saturated heterocycles. The van der Waals surface area contributed by atoms with Gasteiger partial charge in [0.1, 0.15) is 5.75 Å². The Morgan fingerprint density at radius 3 is 2.35 bits per heavy atom. The fraction of sp³-hybridized carbons (Fsp3) is 0.100. The van der Waals surface area contributed by atoms with Crippen LogP contribution < -0.4 is 15.4 Å². The van der Waals surface area contributed by atoms with Gasteiger partial charge in [-0.1, -0.05) is 24.3 Å². The maximum absolute atomic E-state index is 12.6. The first-order valence-electron chi connectivity index (χ1n) is 8.15. The predicted molar refractivity (Wildman–Crippen MR) is 104 cm³/mol. The Morgan fingerprint density at radius 1 is 0.923 bits per heavy atom. The summed E-state index contributed by atoms with van der Waals surface area (Å²) in [6, 6.07) is 17.7. The zero-order valence-corrected chi connectivity index (χ0v) is 15.0. The summed E-state index contributed by atoms with van der Waals surface area (Å²) in [5, 5.41) is 7.51. The van der Waals surface area contributed by atoms with Crippen LogP contribution in [-0.2, 0) is 0 Å². The SMILES string of the molecule is CCOc1ccccc1C(=O)Nc1cccc(NC(=O)c2cccs2)c1. The molecule has 0 saturated carbocycles. The molecule has 0 bridgehead atoms. The Kier molecular flexibility index (Phi) is 5.66. The molecule has 1 heterocycles. The lowest BCUT2D eigenvalue weighted by Gasteiger charge is -2.11. The third-order valence-electron chi connectivity index (χ3n) is 3.55. The van der Waals surface area contributed by atoms with Crippen LogP contribution in [-0.4, -0.2) is 18.4 Å². The number of ether oxygens (including phenoxy) is 1. The number of para-hydroxylation sites is 1. The zero-order chi connectivity index (χ0) is 18.4. The van der Waals surface area contributed by atoms with Gasteiger partial charge >= 0.3 is 0 Å². The third kappa shape index (κ3) is 4.29. The summed E-state index contributed by atoms with van der Waals surface area (Å²) in [5.41, 5.74) is 1.66. The molecule has 3 aromatic rings. The van der Waals surface area contributed by atoms with Gasteiger partial charge in [0, 0.05) is 11.4 Å². The Hall–Kier alpha value is -3.12. The van der Waals surface area contributed by atoms with Gasteiger partial charge in [0.05, 0.1) is 17.0 Å². The standard InChI is InChI=1S/C20H18N2O3S/c1-2-25-17-10-4-3-9-16(17)19(23)21-14-7-5-8-15(13-14)22-20(24)18-11-6-12-26-18/h3-13H,2H2,1H3,(H,21,23)(H,22,24). The summed E-state index contributed by atoms with van der Waals surface area (Å²) in [4.78, 5) is 25.3. The minimum atomic E-state index is -0.268. The number of thiophene rings is 1. The molecule has 0 aliphatic rings. The van der Waals surface area contributed by atoms with Crippen LogP contribution in [0.3, 0.4) is 0 Å². The fourth-order valence-electron chi connectivity index (χ4n) is 2.41. The van der Waals surface area contributed by atoms with Crippen LogP contribution in [0.5, 0.6) is 5.75 Å². The highest BCUT2D eigenvalue weighted by atomic mass is 32.1. The fourth-order valence-corrected chi connectivity index (χ4v) is 3.03. The summed E-state index contributed by atoms with van der Waals surface area (Å²) >= 11 is 1.37. The molecule has 26 heavy (non-hydrogen) atoms. The van der Waals surface area contributed by atoms with Crippen LogP contribution in [0, 0.1) is 0 Å². The van der Waals surface area contributed by atoms with Crippen molar-refractivity contribution >= 4 is 34.5 Å². The normalized spacial score (nSPS) is 10.2. The van der Waals surface area contributed by atoms with E-state index in [-0.39, 0.29) is 11.8 Å². The van der Waals surface area contributed by atoms with E-state index in [2.05, 4.69) is 10.6 Å². The van der Waals surface area contributed by atoms with E-state index in [9.17, 15) is 9.59 Å². The maximum Gasteiger partial charge on any atom is 0.265 e. The van der Waals surface area contributed by atoms with Crippen LogP contribution >= 0.6 is 11.3 Å². The van der Waals surface area contributed by atoms with Gasteiger partial charge in [0.2, 0.25) is 0 Å². The van der Waals surface area contributed by atoms with E-state index in [0.29, 0.717) is 34.2 Å². The minimum absolute atomic E-state index is 0.176. The molecule has 132 valence electrons. The highest BCUT2D eigenvalue weighted by Crippen LogP contribution is 2.22. The number of carbonyl (C=O) groups is 2. The van der Waals surface area contributed by atoms with Crippen LogP contribution in [0.1, 0.15) is 27.0 Å². The number of anilines is 2. The molecule has 0 unspecified atom stereocenters. The molecular weight excluding hydrogens is 348 g/mol. The number of amides is 2. The van der Waals surface area contributed by atoms with Gasteiger partial charge in [-0.3, -0.25) is 9.59 Å². The summed E-state index contributed by atoms with van der Waals surface area (Å²) in [7, 11) is 0. The maximum atomic E-state index is 12.6. The van der Waals surface area contributed by atoms with Gasteiger partial charge < -0.3 is 15.4 Å². The Morgan fingerprint density at radius 2 is 1.65 bits per heavy atom. The largest absolute Gasteiger partial charge is 0.493 e. The Balaban J connectivity index is 1.72. The van der Waals surface area contributed by atoms with E-state index in [0.717, 1.165) is 0 Å². The van der Waals surface area contributed by atoms with E-state index in [4.69, 9.17) is 4.74 Å². The molecule has 0 aliphatic carbocycles. The molecule has 0 atom stereocenters.